The predicted octanol–water partition coefficient (Wildman–Crippen LogP) is 2.52. The zero-order chi connectivity index (χ0) is 19.8. The van der Waals surface area contributed by atoms with Gasteiger partial charge in [-0.15, -0.1) is 0 Å². The van der Waals surface area contributed by atoms with Crippen molar-refractivity contribution in [2.45, 2.75) is 0 Å². The van der Waals surface area contributed by atoms with Crippen molar-refractivity contribution in [3.8, 4) is 5.75 Å². The third-order valence-electron chi connectivity index (χ3n) is 3.64. The molecule has 1 N–H and O–H groups in total. The van der Waals surface area contributed by atoms with E-state index >= 15 is 0 Å². The average Bonchev–Trinajstić information content (AvgIpc) is 2.65. The van der Waals surface area contributed by atoms with Crippen molar-refractivity contribution in [1.82, 2.24) is 10.2 Å². The molecule has 0 heterocycles. The van der Waals surface area contributed by atoms with Crippen LogP contribution in [0.2, 0.25) is 5.02 Å². The van der Waals surface area contributed by atoms with Crippen LogP contribution in [-0.4, -0.2) is 48.4 Å². The van der Waals surface area contributed by atoms with Gasteiger partial charge in [0.25, 0.3) is 11.6 Å². The largest absolute Gasteiger partial charge is 0.492 e. The van der Waals surface area contributed by atoms with Crippen molar-refractivity contribution in [1.29, 1.82) is 0 Å². The minimum atomic E-state index is -0.588. The highest BCUT2D eigenvalue weighted by molar-refractivity contribution is 6.30. The number of nitrogens with one attached hydrogen (secondary N) is 1. The Morgan fingerprint density at radius 1 is 1.22 bits per heavy atom. The van der Waals surface area contributed by atoms with Crippen molar-refractivity contribution in [3.63, 3.8) is 0 Å². The zero-order valence-corrected chi connectivity index (χ0v) is 15.3. The van der Waals surface area contributed by atoms with E-state index in [1.54, 1.807) is 31.3 Å². The lowest BCUT2D eigenvalue weighted by Crippen LogP contribution is -2.39. The van der Waals surface area contributed by atoms with Gasteiger partial charge in [-0.05, 0) is 24.3 Å². The molecule has 142 valence electrons. The number of nitro benzene ring substituents is 1. The molecular formula is C18H18ClN3O5. The first-order valence-electron chi connectivity index (χ1n) is 8.02. The Hall–Kier alpha value is -3.13. The monoisotopic (exact) mass is 391 g/mol. The van der Waals surface area contributed by atoms with Crippen LogP contribution in [0, 0.1) is 10.1 Å². The third kappa shape index (κ3) is 6.27. The summed E-state index contributed by atoms with van der Waals surface area (Å²) in [6, 6.07) is 12.2. The molecule has 0 aliphatic carbocycles. The molecule has 27 heavy (non-hydrogen) atoms. The molecule has 2 aromatic carbocycles. The first-order valence-corrected chi connectivity index (χ1v) is 8.39. The molecule has 0 spiro atoms. The van der Waals surface area contributed by atoms with Crippen LogP contribution in [0.1, 0.15) is 10.4 Å². The van der Waals surface area contributed by atoms with Gasteiger partial charge in [0.2, 0.25) is 5.91 Å². The number of carbonyl (C=O) groups excluding carboxylic acids is 2. The van der Waals surface area contributed by atoms with Gasteiger partial charge in [0.1, 0.15) is 12.4 Å². The highest BCUT2D eigenvalue weighted by Crippen LogP contribution is 2.17. The van der Waals surface area contributed by atoms with E-state index in [4.69, 9.17) is 16.3 Å². The van der Waals surface area contributed by atoms with Crippen LogP contribution in [-0.2, 0) is 4.79 Å². The Bertz CT molecular complexity index is 843. The number of nitrogens with zero attached hydrogens (tertiary/aromatic N) is 2. The van der Waals surface area contributed by atoms with Crippen LogP contribution >= 0.6 is 11.6 Å². The molecule has 0 radical (unpaired) electrons. The van der Waals surface area contributed by atoms with E-state index in [0.29, 0.717) is 17.3 Å². The van der Waals surface area contributed by atoms with Gasteiger partial charge in [-0.3, -0.25) is 19.7 Å². The number of benzene rings is 2. The molecule has 0 atom stereocenters. The molecule has 2 rings (SSSR count). The number of nitro groups is 1. The molecule has 8 nitrogen and oxygen atoms in total. The standard InChI is InChI=1S/C18H18ClN3O5/c1-21(8-9-27-16-7-3-5-14(19)11-16)17(23)12-20-18(24)13-4-2-6-15(10-13)22(25)26/h2-7,10-11H,8-9,12H2,1H3,(H,20,24). The summed E-state index contributed by atoms with van der Waals surface area (Å²) >= 11 is 5.86. The number of amides is 2. The normalized spacial score (nSPS) is 10.1. The highest BCUT2D eigenvalue weighted by Gasteiger charge is 2.14. The molecule has 2 aromatic rings. The average molecular weight is 392 g/mol. The van der Waals surface area contributed by atoms with Crippen molar-refractivity contribution < 1.29 is 19.2 Å². The van der Waals surface area contributed by atoms with E-state index in [1.165, 1.54) is 23.1 Å². The molecule has 0 aliphatic rings. The van der Waals surface area contributed by atoms with E-state index < -0.39 is 10.8 Å². The Balaban J connectivity index is 1.78. The van der Waals surface area contributed by atoms with E-state index in [1.807, 2.05) is 0 Å². The zero-order valence-electron chi connectivity index (χ0n) is 14.6. The van der Waals surface area contributed by atoms with E-state index in [9.17, 15) is 19.7 Å². The van der Waals surface area contributed by atoms with Gasteiger partial charge in [-0.1, -0.05) is 23.7 Å². The SMILES string of the molecule is CN(CCOc1cccc(Cl)c1)C(=O)CNC(=O)c1cccc([N+](=O)[O-])c1. The molecular weight excluding hydrogens is 374 g/mol. The number of hydrogen-bond acceptors (Lipinski definition) is 5. The van der Waals surface area contributed by atoms with Crippen LogP contribution in [0.3, 0.4) is 0 Å². The maximum atomic E-state index is 12.1. The quantitative estimate of drug-likeness (QED) is 0.550. The first-order chi connectivity index (χ1) is 12.9. The minimum Gasteiger partial charge on any atom is -0.492 e. The Labute approximate surface area is 160 Å². The fraction of sp³-hybridized carbons (Fsp3) is 0.222. The summed E-state index contributed by atoms with van der Waals surface area (Å²) in [5, 5.41) is 13.8. The van der Waals surface area contributed by atoms with E-state index in [0.717, 1.165) is 6.07 Å². The second-order valence-corrected chi connectivity index (χ2v) is 6.05. The summed E-state index contributed by atoms with van der Waals surface area (Å²) in [7, 11) is 1.59. The van der Waals surface area contributed by atoms with Crippen molar-refractivity contribution in [2.75, 3.05) is 26.7 Å². The minimum absolute atomic E-state index is 0.115. The summed E-state index contributed by atoms with van der Waals surface area (Å²) in [4.78, 5) is 35.7. The number of non-ortho nitro benzene ring substituents is 1. The van der Waals surface area contributed by atoms with Crippen molar-refractivity contribution in [2.24, 2.45) is 0 Å². The van der Waals surface area contributed by atoms with Gasteiger partial charge >= 0.3 is 0 Å². The Morgan fingerprint density at radius 2 is 1.96 bits per heavy atom. The van der Waals surface area contributed by atoms with Crippen LogP contribution in [0.4, 0.5) is 5.69 Å². The van der Waals surface area contributed by atoms with Crippen LogP contribution < -0.4 is 10.1 Å². The van der Waals surface area contributed by atoms with Gasteiger partial charge < -0.3 is 15.0 Å². The number of halogens is 1. The van der Waals surface area contributed by atoms with Crippen LogP contribution in [0.25, 0.3) is 0 Å². The van der Waals surface area contributed by atoms with Gasteiger partial charge in [-0.25, -0.2) is 0 Å². The molecule has 0 bridgehead atoms. The van der Waals surface area contributed by atoms with Crippen molar-refractivity contribution >= 4 is 29.1 Å². The van der Waals surface area contributed by atoms with E-state index in [-0.39, 0.29) is 30.3 Å². The molecule has 0 saturated carbocycles. The Kier molecular flexibility index (Phi) is 7.13. The lowest BCUT2D eigenvalue weighted by Gasteiger charge is -2.18. The maximum absolute atomic E-state index is 12.1. The number of carbonyl (C=O) groups is 2. The number of rotatable bonds is 8. The molecule has 0 fully saturated rings. The van der Waals surface area contributed by atoms with Gasteiger partial charge in [0.05, 0.1) is 18.0 Å². The summed E-state index contributed by atoms with van der Waals surface area (Å²) < 4.78 is 5.51. The molecule has 0 aromatic heterocycles. The summed E-state index contributed by atoms with van der Waals surface area (Å²) in [6.45, 7) is 0.356. The van der Waals surface area contributed by atoms with Crippen LogP contribution in [0.15, 0.2) is 48.5 Å². The molecule has 9 heteroatoms. The van der Waals surface area contributed by atoms with Gasteiger partial charge in [0, 0.05) is 29.8 Å². The topological polar surface area (TPSA) is 102 Å². The lowest BCUT2D eigenvalue weighted by molar-refractivity contribution is -0.384. The number of likely N-dealkylation sites (N-methyl/N-ethyl adjacent to an activating group) is 1. The second-order valence-electron chi connectivity index (χ2n) is 5.61. The molecule has 0 unspecified atom stereocenters. The predicted molar refractivity (Wildman–Crippen MR) is 100 cm³/mol. The first kappa shape index (κ1) is 20.2. The maximum Gasteiger partial charge on any atom is 0.270 e. The van der Waals surface area contributed by atoms with Crippen molar-refractivity contribution in [3.05, 3.63) is 69.2 Å². The summed E-state index contributed by atoms with van der Waals surface area (Å²) in [6.07, 6.45) is 0. The third-order valence-corrected chi connectivity index (χ3v) is 3.87. The fourth-order valence-corrected chi connectivity index (χ4v) is 2.32. The number of ether oxygens (including phenoxy) is 1. The van der Waals surface area contributed by atoms with Gasteiger partial charge in [0.15, 0.2) is 0 Å². The molecule has 2 amide bonds. The fourth-order valence-electron chi connectivity index (χ4n) is 2.14. The lowest BCUT2D eigenvalue weighted by atomic mass is 10.2. The van der Waals surface area contributed by atoms with Crippen LogP contribution in [0.5, 0.6) is 5.75 Å². The van der Waals surface area contributed by atoms with Gasteiger partial charge in [-0.2, -0.15) is 0 Å². The molecule has 0 saturated heterocycles. The Morgan fingerprint density at radius 3 is 2.67 bits per heavy atom. The summed E-state index contributed by atoms with van der Waals surface area (Å²) in [5.74, 6) is -0.276. The number of hydrogen-bond donors (Lipinski definition) is 1. The summed E-state index contributed by atoms with van der Waals surface area (Å²) in [5.41, 5.74) is -0.0757. The molecule has 0 aliphatic heterocycles. The van der Waals surface area contributed by atoms with E-state index in [2.05, 4.69) is 5.32 Å². The smallest absolute Gasteiger partial charge is 0.270 e. The highest BCUT2D eigenvalue weighted by atomic mass is 35.5. The second kappa shape index (κ2) is 9.54.